The molecular weight excluding hydrogens is 340 g/mol. The second-order valence-electron chi connectivity index (χ2n) is 7.97. The molecule has 1 aliphatic carbocycles. The second kappa shape index (κ2) is 7.29. The van der Waals surface area contributed by atoms with Crippen LogP contribution < -0.4 is 0 Å². The smallest absolute Gasteiger partial charge is 0.303 e. The highest BCUT2D eigenvalue weighted by Gasteiger charge is 2.31. The molecule has 0 spiro atoms. The fourth-order valence-corrected chi connectivity index (χ4v) is 4.14. The van der Waals surface area contributed by atoms with E-state index in [1.165, 1.54) is 0 Å². The van der Waals surface area contributed by atoms with Gasteiger partial charge >= 0.3 is 5.97 Å². The summed E-state index contributed by atoms with van der Waals surface area (Å²) in [5.74, 6) is -0.287. The number of carbonyl (C=O) groups excluding carboxylic acids is 1. The molecule has 2 aliphatic rings. The van der Waals surface area contributed by atoms with E-state index in [0.29, 0.717) is 18.9 Å². The third kappa shape index (κ3) is 3.82. The van der Waals surface area contributed by atoms with Gasteiger partial charge in [-0.15, -0.1) is 0 Å². The van der Waals surface area contributed by atoms with E-state index in [1.54, 1.807) is 0 Å². The summed E-state index contributed by atoms with van der Waals surface area (Å²) in [6.45, 7) is 2.73. The zero-order valence-electron chi connectivity index (χ0n) is 15.8. The minimum atomic E-state index is -0.797. The molecule has 1 aliphatic heterocycles. The van der Waals surface area contributed by atoms with Gasteiger partial charge in [0.25, 0.3) is 5.91 Å². The van der Waals surface area contributed by atoms with Crippen LogP contribution in [-0.2, 0) is 4.79 Å². The number of aromatic nitrogens is 1. The number of pyridine rings is 1. The van der Waals surface area contributed by atoms with Crippen molar-refractivity contribution >= 4 is 22.8 Å². The number of carboxylic acids is 1. The highest BCUT2D eigenvalue weighted by Crippen LogP contribution is 2.40. The van der Waals surface area contributed by atoms with Gasteiger partial charge in [0.2, 0.25) is 0 Å². The number of hydrogen-bond donors (Lipinski definition) is 1. The molecule has 1 atom stereocenters. The van der Waals surface area contributed by atoms with Crippen molar-refractivity contribution in [1.29, 1.82) is 0 Å². The van der Waals surface area contributed by atoms with E-state index in [4.69, 9.17) is 10.1 Å². The van der Waals surface area contributed by atoms with Crippen LogP contribution in [0, 0.1) is 6.92 Å². The van der Waals surface area contributed by atoms with Crippen LogP contribution in [0.4, 0.5) is 0 Å². The average Bonchev–Trinajstić information content (AvgIpc) is 3.50. The third-order valence-electron chi connectivity index (χ3n) is 5.79. The van der Waals surface area contributed by atoms with Gasteiger partial charge in [0.1, 0.15) is 0 Å². The lowest BCUT2D eigenvalue weighted by atomic mass is 9.95. The van der Waals surface area contributed by atoms with Gasteiger partial charge in [0.05, 0.1) is 11.1 Å². The first kappa shape index (κ1) is 18.0. The molecule has 1 aromatic carbocycles. The second-order valence-corrected chi connectivity index (χ2v) is 7.97. The van der Waals surface area contributed by atoms with Crippen molar-refractivity contribution in [2.75, 3.05) is 6.54 Å². The first-order valence-electron chi connectivity index (χ1n) is 9.97. The number of fused-ring (bicyclic) bond motifs is 1. The molecule has 27 heavy (non-hydrogen) atoms. The number of nitrogens with zero attached hydrogens (tertiary/aromatic N) is 2. The molecule has 1 amide bonds. The van der Waals surface area contributed by atoms with Gasteiger partial charge in [0.15, 0.2) is 0 Å². The van der Waals surface area contributed by atoms with Gasteiger partial charge in [0, 0.05) is 36.0 Å². The summed E-state index contributed by atoms with van der Waals surface area (Å²) in [7, 11) is 0. The Labute approximate surface area is 159 Å². The number of carboxylic acid groups (broad SMARTS) is 1. The molecule has 1 saturated carbocycles. The van der Waals surface area contributed by atoms with E-state index >= 15 is 0 Å². The van der Waals surface area contributed by atoms with E-state index in [-0.39, 0.29) is 18.4 Å². The number of carbonyl (C=O) groups is 2. The average molecular weight is 366 g/mol. The molecule has 1 aromatic heterocycles. The maximum absolute atomic E-state index is 13.5. The van der Waals surface area contributed by atoms with Crippen LogP contribution >= 0.6 is 0 Å². The number of hydrogen-bond acceptors (Lipinski definition) is 3. The van der Waals surface area contributed by atoms with Crippen molar-refractivity contribution in [3.8, 4) is 0 Å². The van der Waals surface area contributed by atoms with Crippen LogP contribution in [0.3, 0.4) is 0 Å². The SMILES string of the molecule is Cc1ccc2nc(C3CC3)cc(C(=O)N3CCCCC3CCC(=O)O)c2c1. The van der Waals surface area contributed by atoms with Crippen molar-refractivity contribution in [3.05, 3.63) is 41.1 Å². The number of piperidine rings is 1. The van der Waals surface area contributed by atoms with Gasteiger partial charge in [-0.05, 0) is 63.6 Å². The molecule has 1 N–H and O–H groups in total. The number of aryl methyl sites for hydroxylation is 1. The van der Waals surface area contributed by atoms with Gasteiger partial charge in [-0.3, -0.25) is 14.6 Å². The van der Waals surface area contributed by atoms with Crippen molar-refractivity contribution in [2.45, 2.75) is 63.8 Å². The highest BCUT2D eigenvalue weighted by atomic mass is 16.4. The summed E-state index contributed by atoms with van der Waals surface area (Å²) in [5.41, 5.74) is 3.74. The summed E-state index contributed by atoms with van der Waals surface area (Å²) in [6.07, 6.45) is 5.84. The standard InChI is InChI=1S/C22H26N2O3/c1-14-5-9-19-17(12-14)18(13-20(23-19)15-6-7-15)22(27)24-11-3-2-4-16(24)8-10-21(25)26/h5,9,12-13,15-16H,2-4,6-8,10-11H2,1H3,(H,25,26). The summed E-state index contributed by atoms with van der Waals surface area (Å²) in [4.78, 5) is 31.3. The van der Waals surface area contributed by atoms with Crippen LogP contribution in [0.25, 0.3) is 10.9 Å². The predicted octanol–water partition coefficient (Wildman–Crippen LogP) is 4.28. The lowest BCUT2D eigenvalue weighted by Crippen LogP contribution is -2.44. The number of rotatable bonds is 5. The monoisotopic (exact) mass is 366 g/mol. The molecule has 4 rings (SSSR count). The van der Waals surface area contributed by atoms with Crippen LogP contribution in [0.15, 0.2) is 24.3 Å². The lowest BCUT2D eigenvalue weighted by molar-refractivity contribution is -0.137. The van der Waals surface area contributed by atoms with Gasteiger partial charge in [-0.25, -0.2) is 0 Å². The highest BCUT2D eigenvalue weighted by molar-refractivity contribution is 6.06. The number of aliphatic carboxylic acids is 1. The fraction of sp³-hybridized carbons (Fsp3) is 0.500. The predicted molar refractivity (Wildman–Crippen MR) is 104 cm³/mol. The van der Waals surface area contributed by atoms with Gasteiger partial charge < -0.3 is 10.0 Å². The molecule has 2 fully saturated rings. The van der Waals surface area contributed by atoms with Crippen LogP contribution in [0.2, 0.25) is 0 Å². The first-order valence-corrected chi connectivity index (χ1v) is 9.97. The summed E-state index contributed by atoms with van der Waals surface area (Å²) in [6, 6.07) is 8.09. The Bertz CT molecular complexity index is 889. The molecule has 0 radical (unpaired) electrons. The molecule has 5 nitrogen and oxygen atoms in total. The van der Waals surface area contributed by atoms with E-state index in [2.05, 4.69) is 0 Å². The largest absolute Gasteiger partial charge is 0.481 e. The van der Waals surface area contributed by atoms with E-state index < -0.39 is 5.97 Å². The number of amides is 1. The third-order valence-corrected chi connectivity index (χ3v) is 5.79. The number of likely N-dealkylation sites (tertiary alicyclic amines) is 1. The Kier molecular flexibility index (Phi) is 4.85. The van der Waals surface area contributed by atoms with Crippen molar-refractivity contribution < 1.29 is 14.7 Å². The van der Waals surface area contributed by atoms with E-state index in [0.717, 1.165) is 59.8 Å². The maximum atomic E-state index is 13.5. The quantitative estimate of drug-likeness (QED) is 0.857. The summed E-state index contributed by atoms with van der Waals surface area (Å²) >= 11 is 0. The zero-order valence-corrected chi connectivity index (χ0v) is 15.8. The Balaban J connectivity index is 1.71. The van der Waals surface area contributed by atoms with E-state index in [1.807, 2.05) is 36.1 Å². The van der Waals surface area contributed by atoms with E-state index in [9.17, 15) is 9.59 Å². The van der Waals surface area contributed by atoms with Crippen molar-refractivity contribution in [1.82, 2.24) is 9.88 Å². The topological polar surface area (TPSA) is 70.5 Å². The zero-order chi connectivity index (χ0) is 19.0. The Hall–Kier alpha value is -2.43. The molecule has 5 heteroatoms. The Morgan fingerprint density at radius 2 is 2.00 bits per heavy atom. The molecule has 142 valence electrons. The van der Waals surface area contributed by atoms with Crippen molar-refractivity contribution in [3.63, 3.8) is 0 Å². The van der Waals surface area contributed by atoms with Crippen molar-refractivity contribution in [2.24, 2.45) is 0 Å². The van der Waals surface area contributed by atoms with Gasteiger partial charge in [-0.1, -0.05) is 11.6 Å². The molecular formula is C22H26N2O3. The molecule has 2 aromatic rings. The molecule has 0 bridgehead atoms. The number of benzene rings is 1. The molecule has 2 heterocycles. The molecule has 1 saturated heterocycles. The van der Waals surface area contributed by atoms with Gasteiger partial charge in [-0.2, -0.15) is 0 Å². The fourth-order valence-electron chi connectivity index (χ4n) is 4.14. The normalized spacial score (nSPS) is 20.0. The minimum Gasteiger partial charge on any atom is -0.481 e. The Morgan fingerprint density at radius 3 is 2.74 bits per heavy atom. The first-order chi connectivity index (χ1) is 13.0. The lowest BCUT2D eigenvalue weighted by Gasteiger charge is -2.36. The Morgan fingerprint density at radius 1 is 1.19 bits per heavy atom. The van der Waals surface area contributed by atoms with Crippen LogP contribution in [0.5, 0.6) is 0 Å². The molecule has 1 unspecified atom stereocenters. The minimum absolute atomic E-state index is 0.0137. The maximum Gasteiger partial charge on any atom is 0.303 e. The van der Waals surface area contributed by atoms with Crippen LogP contribution in [0.1, 0.15) is 72.5 Å². The summed E-state index contributed by atoms with van der Waals surface area (Å²) in [5, 5.41) is 9.96. The van der Waals surface area contributed by atoms with Crippen LogP contribution in [-0.4, -0.2) is 39.5 Å². The summed E-state index contributed by atoms with van der Waals surface area (Å²) < 4.78 is 0.